The molecule has 0 aliphatic heterocycles. The summed E-state index contributed by atoms with van der Waals surface area (Å²) in [6.07, 6.45) is -5.37. The molecule has 0 amide bonds. The Morgan fingerprint density at radius 2 is 1.81 bits per heavy atom. The fourth-order valence-corrected chi connectivity index (χ4v) is 1.10. The molecule has 0 aromatic heterocycles. The smallest absolute Gasteiger partial charge is 0.492 e. The molecule has 2 N–H and O–H groups in total. The van der Waals surface area contributed by atoms with Crippen LogP contribution >= 0.6 is 0 Å². The Balaban J connectivity index is 2.60. The minimum atomic E-state index is -4.28. The van der Waals surface area contributed by atoms with Gasteiger partial charge in [0.05, 0.1) is 13.0 Å². The first-order valence-electron chi connectivity index (χ1n) is 4.55. The summed E-state index contributed by atoms with van der Waals surface area (Å²) in [5.41, 5.74) is 0.0460. The number of ether oxygens (including phenoxy) is 1. The number of hydrogen-bond acceptors (Lipinski definition) is 3. The summed E-state index contributed by atoms with van der Waals surface area (Å²) in [6.45, 7) is -0.548. The van der Waals surface area contributed by atoms with E-state index in [9.17, 15) is 13.2 Å². The van der Waals surface area contributed by atoms with E-state index < -0.39 is 26.3 Å². The quantitative estimate of drug-likeness (QED) is 0.753. The van der Waals surface area contributed by atoms with E-state index in [0.29, 0.717) is 0 Å². The molecular weight excluding hydrogens is 224 g/mol. The highest BCUT2D eigenvalue weighted by Gasteiger charge is 2.27. The Hall–Kier alpha value is -1.21. The Kier molecular flexibility index (Phi) is 4.20. The van der Waals surface area contributed by atoms with Gasteiger partial charge in [0.1, 0.15) is 5.75 Å². The van der Waals surface area contributed by atoms with Gasteiger partial charge in [-0.15, -0.1) is 0 Å². The lowest BCUT2D eigenvalue weighted by molar-refractivity contribution is -0.139. The van der Waals surface area contributed by atoms with Crippen LogP contribution in [0.2, 0.25) is 0 Å². The summed E-state index contributed by atoms with van der Waals surface area (Å²) < 4.78 is 40.4. The van der Waals surface area contributed by atoms with Crippen LogP contribution in [0.3, 0.4) is 0 Å². The third-order valence-electron chi connectivity index (χ3n) is 1.84. The van der Waals surface area contributed by atoms with Crippen molar-refractivity contribution in [2.45, 2.75) is 12.6 Å². The van der Waals surface area contributed by atoms with Crippen LogP contribution in [0.25, 0.3) is 0 Å². The Morgan fingerprint density at radius 1 is 1.19 bits per heavy atom. The van der Waals surface area contributed by atoms with Crippen LogP contribution in [0.5, 0.6) is 5.75 Å². The summed E-state index contributed by atoms with van der Waals surface area (Å²) in [5.74, 6) is 0.0433. The predicted molar refractivity (Wildman–Crippen MR) is 52.4 cm³/mol. The van der Waals surface area contributed by atoms with Crippen LogP contribution in [-0.4, -0.2) is 29.9 Å². The lowest BCUT2D eigenvalue weighted by Gasteiger charge is -2.11. The zero-order chi connectivity index (χ0) is 12.2. The van der Waals surface area contributed by atoms with Gasteiger partial charge < -0.3 is 14.8 Å². The summed E-state index contributed by atoms with van der Waals surface area (Å²) >= 11 is 0. The van der Waals surface area contributed by atoms with Crippen molar-refractivity contribution in [3.8, 4) is 5.75 Å². The van der Waals surface area contributed by atoms with Crippen molar-refractivity contribution < 1.29 is 28.0 Å². The third kappa shape index (κ3) is 4.12. The molecule has 0 aliphatic rings. The molecule has 7 heteroatoms. The molecule has 88 valence electrons. The van der Waals surface area contributed by atoms with Crippen molar-refractivity contribution in [2.24, 2.45) is 0 Å². The molecule has 0 saturated carbocycles. The first-order chi connectivity index (χ1) is 7.40. The van der Waals surface area contributed by atoms with E-state index in [4.69, 9.17) is 14.8 Å². The second kappa shape index (κ2) is 5.22. The van der Waals surface area contributed by atoms with Crippen molar-refractivity contribution >= 4 is 12.6 Å². The van der Waals surface area contributed by atoms with Gasteiger partial charge in [0.25, 0.3) is 0 Å². The molecule has 0 radical (unpaired) electrons. The molecule has 0 saturated heterocycles. The molecule has 0 fully saturated rings. The maximum atomic E-state index is 11.8. The van der Waals surface area contributed by atoms with Crippen molar-refractivity contribution in [3.05, 3.63) is 24.3 Å². The van der Waals surface area contributed by atoms with Gasteiger partial charge in [0.15, 0.2) is 0 Å². The van der Waals surface area contributed by atoms with E-state index in [-0.39, 0.29) is 11.2 Å². The van der Waals surface area contributed by atoms with E-state index in [0.717, 1.165) is 0 Å². The molecule has 1 aromatic carbocycles. The van der Waals surface area contributed by atoms with E-state index in [1.54, 1.807) is 0 Å². The summed E-state index contributed by atoms with van der Waals surface area (Å²) in [5, 5.41) is 17.8. The van der Waals surface area contributed by atoms with Gasteiger partial charge in [0, 0.05) is 5.46 Å². The SMILES string of the molecule is OB(O)c1ccccc1OCCC(F)(F)F. The summed E-state index contributed by atoms with van der Waals surface area (Å²) in [4.78, 5) is 0. The predicted octanol–water partition coefficient (Wildman–Crippen LogP) is 0.698. The van der Waals surface area contributed by atoms with Gasteiger partial charge in [-0.2, -0.15) is 13.2 Å². The summed E-state index contributed by atoms with van der Waals surface area (Å²) in [6, 6.07) is 5.82. The van der Waals surface area contributed by atoms with Gasteiger partial charge in [-0.25, -0.2) is 0 Å². The van der Waals surface area contributed by atoms with Crippen LogP contribution in [0.15, 0.2) is 24.3 Å². The molecule has 0 heterocycles. The number of rotatable bonds is 4. The average Bonchev–Trinajstić information content (AvgIpc) is 2.16. The van der Waals surface area contributed by atoms with Crippen LogP contribution in [0.4, 0.5) is 13.2 Å². The first kappa shape index (κ1) is 12.9. The number of hydrogen-bond donors (Lipinski definition) is 2. The second-order valence-corrected chi connectivity index (χ2v) is 3.13. The van der Waals surface area contributed by atoms with Crippen molar-refractivity contribution in [2.75, 3.05) is 6.61 Å². The lowest BCUT2D eigenvalue weighted by Crippen LogP contribution is -2.31. The number of para-hydroxylation sites is 1. The van der Waals surface area contributed by atoms with Crippen molar-refractivity contribution in [1.82, 2.24) is 0 Å². The zero-order valence-corrected chi connectivity index (χ0v) is 8.24. The second-order valence-electron chi connectivity index (χ2n) is 3.13. The normalized spacial score (nSPS) is 11.3. The number of alkyl halides is 3. The van der Waals surface area contributed by atoms with Gasteiger partial charge in [-0.1, -0.05) is 18.2 Å². The van der Waals surface area contributed by atoms with E-state index in [1.807, 2.05) is 0 Å². The lowest BCUT2D eigenvalue weighted by atomic mass is 9.79. The molecule has 0 aliphatic carbocycles. The maximum absolute atomic E-state index is 11.8. The van der Waals surface area contributed by atoms with E-state index >= 15 is 0 Å². The van der Waals surface area contributed by atoms with Crippen LogP contribution in [0, 0.1) is 0 Å². The number of halogens is 3. The molecule has 0 unspecified atom stereocenters. The molecule has 1 aromatic rings. The Bertz CT molecular complexity index is 341. The molecular formula is C9H10BF3O3. The molecule has 0 spiro atoms. The minimum absolute atomic E-state index is 0.0433. The molecule has 1 rings (SSSR count). The van der Waals surface area contributed by atoms with Crippen molar-refractivity contribution in [3.63, 3.8) is 0 Å². The third-order valence-corrected chi connectivity index (χ3v) is 1.84. The van der Waals surface area contributed by atoms with E-state index in [2.05, 4.69) is 0 Å². The maximum Gasteiger partial charge on any atom is 0.492 e. The topological polar surface area (TPSA) is 49.7 Å². The van der Waals surface area contributed by atoms with Gasteiger partial charge >= 0.3 is 13.3 Å². The van der Waals surface area contributed by atoms with Crippen molar-refractivity contribution in [1.29, 1.82) is 0 Å². The highest BCUT2D eigenvalue weighted by Crippen LogP contribution is 2.19. The van der Waals surface area contributed by atoms with Crippen LogP contribution in [-0.2, 0) is 0 Å². The molecule has 0 bridgehead atoms. The monoisotopic (exact) mass is 234 g/mol. The standard InChI is InChI=1S/C9H10BF3O3/c11-9(12,13)5-6-16-8-4-2-1-3-7(8)10(14)15/h1-4,14-15H,5-6H2. The minimum Gasteiger partial charge on any atom is -0.494 e. The van der Waals surface area contributed by atoms with E-state index in [1.165, 1.54) is 24.3 Å². The zero-order valence-electron chi connectivity index (χ0n) is 8.24. The first-order valence-corrected chi connectivity index (χ1v) is 4.55. The largest absolute Gasteiger partial charge is 0.494 e. The average molecular weight is 234 g/mol. The van der Waals surface area contributed by atoms with Gasteiger partial charge in [0.2, 0.25) is 0 Å². The van der Waals surface area contributed by atoms with Gasteiger partial charge in [-0.05, 0) is 6.07 Å². The molecule has 3 nitrogen and oxygen atoms in total. The molecule has 16 heavy (non-hydrogen) atoms. The van der Waals surface area contributed by atoms with Crippen LogP contribution in [0.1, 0.15) is 6.42 Å². The summed E-state index contributed by atoms with van der Waals surface area (Å²) in [7, 11) is -1.76. The Labute approximate surface area is 90.6 Å². The highest BCUT2D eigenvalue weighted by molar-refractivity contribution is 6.59. The fraction of sp³-hybridized carbons (Fsp3) is 0.333. The number of benzene rings is 1. The molecule has 0 atom stereocenters. The van der Waals surface area contributed by atoms with Gasteiger partial charge in [-0.3, -0.25) is 0 Å². The fourth-order valence-electron chi connectivity index (χ4n) is 1.10. The highest BCUT2D eigenvalue weighted by atomic mass is 19.4. The van der Waals surface area contributed by atoms with Crippen LogP contribution < -0.4 is 10.2 Å². The Morgan fingerprint density at radius 3 is 2.38 bits per heavy atom.